The zero-order valence-electron chi connectivity index (χ0n) is 23.2. The molecule has 0 saturated carbocycles. The van der Waals surface area contributed by atoms with Crippen molar-refractivity contribution in [2.24, 2.45) is 0 Å². The summed E-state index contributed by atoms with van der Waals surface area (Å²) in [6.07, 6.45) is 5.35. The summed E-state index contributed by atoms with van der Waals surface area (Å²) < 4.78 is 11.1. The molecule has 5 rings (SSSR count). The van der Waals surface area contributed by atoms with Crippen LogP contribution in [0.1, 0.15) is 73.3 Å². The van der Waals surface area contributed by atoms with Gasteiger partial charge in [-0.1, -0.05) is 66.6 Å². The molecular weight excluding hydrogens is 482 g/mol. The molecule has 4 heteroatoms. The number of ether oxygens (including phenoxy) is 2. The smallest absolute Gasteiger partial charge is 0.307 e. The van der Waals surface area contributed by atoms with Crippen LogP contribution in [0.15, 0.2) is 72.8 Å². The van der Waals surface area contributed by atoms with Gasteiger partial charge < -0.3 is 9.47 Å². The Balaban J connectivity index is 1.10. The number of fused-ring (bicyclic) bond motifs is 2. The highest BCUT2D eigenvalue weighted by atomic mass is 16.5. The van der Waals surface area contributed by atoms with Gasteiger partial charge in [-0.05, 0) is 98.0 Å². The van der Waals surface area contributed by atoms with Crippen molar-refractivity contribution in [2.75, 3.05) is 19.7 Å². The standard InChI is InChI=1S/C35H39NO3/c1-3-7-31(24-34(37)38-4-2)29-14-16-32(17-15-29)39-26-28-12-10-27(11-13-28)25-36-22-20-35(21-23-36)19-18-30-8-5-6-9-33(30)35/h5-6,8-17,31H,4,18-26H2,1-2H3. The SMILES string of the molecule is CC#CC(CC(=O)OCC)c1ccc(OCc2ccc(CN3CCC4(CCc5ccccc54)CC3)cc2)cc1. The van der Waals surface area contributed by atoms with Gasteiger partial charge in [-0.2, -0.15) is 0 Å². The number of aryl methyl sites for hydroxylation is 1. The fourth-order valence-electron chi connectivity index (χ4n) is 6.20. The number of carbonyl (C=O) groups is 1. The van der Waals surface area contributed by atoms with Gasteiger partial charge in [-0.3, -0.25) is 9.69 Å². The summed E-state index contributed by atoms with van der Waals surface area (Å²) in [5, 5.41) is 0. The van der Waals surface area contributed by atoms with E-state index in [9.17, 15) is 4.79 Å². The van der Waals surface area contributed by atoms with E-state index < -0.39 is 0 Å². The van der Waals surface area contributed by atoms with Crippen LogP contribution in [0.3, 0.4) is 0 Å². The summed E-state index contributed by atoms with van der Waals surface area (Å²) in [6.45, 7) is 7.85. The summed E-state index contributed by atoms with van der Waals surface area (Å²) in [5.41, 5.74) is 7.11. The summed E-state index contributed by atoms with van der Waals surface area (Å²) in [6, 6.07) is 25.8. The van der Waals surface area contributed by atoms with Gasteiger partial charge in [0.1, 0.15) is 12.4 Å². The van der Waals surface area contributed by atoms with Crippen LogP contribution in [0.2, 0.25) is 0 Å². The lowest BCUT2D eigenvalue weighted by atomic mass is 9.74. The highest BCUT2D eigenvalue weighted by Gasteiger charge is 2.40. The Morgan fingerprint density at radius 3 is 2.38 bits per heavy atom. The number of likely N-dealkylation sites (tertiary alicyclic amines) is 1. The zero-order valence-corrected chi connectivity index (χ0v) is 23.2. The molecule has 3 aromatic carbocycles. The van der Waals surface area contributed by atoms with Gasteiger partial charge in [0.15, 0.2) is 0 Å². The van der Waals surface area contributed by atoms with E-state index in [2.05, 4.69) is 65.3 Å². The van der Waals surface area contributed by atoms with Crippen molar-refractivity contribution < 1.29 is 14.3 Å². The molecule has 2 aliphatic rings. The maximum absolute atomic E-state index is 11.9. The predicted molar refractivity (Wildman–Crippen MR) is 156 cm³/mol. The maximum atomic E-state index is 11.9. The molecule has 202 valence electrons. The molecule has 0 aromatic heterocycles. The summed E-state index contributed by atoms with van der Waals surface area (Å²) >= 11 is 0. The minimum Gasteiger partial charge on any atom is -0.489 e. The minimum absolute atomic E-state index is 0.171. The molecule has 4 nitrogen and oxygen atoms in total. The first-order valence-corrected chi connectivity index (χ1v) is 14.3. The second-order valence-electron chi connectivity index (χ2n) is 10.8. The first-order chi connectivity index (χ1) is 19.1. The third kappa shape index (κ3) is 6.54. The van der Waals surface area contributed by atoms with Crippen LogP contribution >= 0.6 is 0 Å². The fourth-order valence-corrected chi connectivity index (χ4v) is 6.20. The van der Waals surface area contributed by atoms with E-state index >= 15 is 0 Å². The lowest BCUT2D eigenvalue weighted by Crippen LogP contribution is -2.41. The third-order valence-corrected chi connectivity index (χ3v) is 8.39. The second-order valence-corrected chi connectivity index (χ2v) is 10.8. The first-order valence-electron chi connectivity index (χ1n) is 14.3. The van der Waals surface area contributed by atoms with E-state index in [0.717, 1.165) is 23.4 Å². The molecule has 0 N–H and O–H groups in total. The van der Waals surface area contributed by atoms with E-state index in [1.165, 1.54) is 44.3 Å². The van der Waals surface area contributed by atoms with Crippen LogP contribution in [-0.2, 0) is 34.5 Å². The van der Waals surface area contributed by atoms with Gasteiger partial charge in [-0.15, -0.1) is 5.92 Å². The third-order valence-electron chi connectivity index (χ3n) is 8.39. The highest BCUT2D eigenvalue weighted by Crippen LogP contribution is 2.46. The van der Waals surface area contributed by atoms with Gasteiger partial charge in [0.25, 0.3) is 0 Å². The molecule has 1 spiro atoms. The van der Waals surface area contributed by atoms with E-state index in [4.69, 9.17) is 9.47 Å². The topological polar surface area (TPSA) is 38.8 Å². The summed E-state index contributed by atoms with van der Waals surface area (Å²) in [5.74, 6) is 6.46. The second kappa shape index (κ2) is 12.5. The van der Waals surface area contributed by atoms with Crippen molar-refractivity contribution >= 4 is 5.97 Å². The maximum Gasteiger partial charge on any atom is 0.307 e. The minimum atomic E-state index is -0.224. The number of piperidine rings is 1. The first kappa shape index (κ1) is 27.0. The van der Waals surface area contributed by atoms with Crippen LogP contribution in [0.5, 0.6) is 5.75 Å². The molecule has 1 saturated heterocycles. The summed E-state index contributed by atoms with van der Waals surface area (Å²) in [4.78, 5) is 14.5. The predicted octanol–water partition coefficient (Wildman–Crippen LogP) is 6.81. The Morgan fingerprint density at radius 1 is 0.949 bits per heavy atom. The molecule has 3 aromatic rings. The number of esters is 1. The molecule has 0 radical (unpaired) electrons. The van der Waals surface area contributed by atoms with Crippen LogP contribution in [-0.4, -0.2) is 30.6 Å². The van der Waals surface area contributed by atoms with E-state index in [-0.39, 0.29) is 18.3 Å². The van der Waals surface area contributed by atoms with Crippen LogP contribution in [0.4, 0.5) is 0 Å². The average molecular weight is 522 g/mol. The van der Waals surface area contributed by atoms with Crippen molar-refractivity contribution in [3.63, 3.8) is 0 Å². The Hall–Kier alpha value is -3.55. The van der Waals surface area contributed by atoms with E-state index in [1.54, 1.807) is 18.1 Å². The highest BCUT2D eigenvalue weighted by molar-refractivity contribution is 5.71. The number of benzene rings is 3. The van der Waals surface area contributed by atoms with Gasteiger partial charge in [-0.25, -0.2) is 0 Å². The molecule has 1 unspecified atom stereocenters. The molecule has 0 bridgehead atoms. The molecule has 0 amide bonds. The number of nitrogens with zero attached hydrogens (tertiary/aromatic N) is 1. The fraction of sp³-hybridized carbons (Fsp3) is 0.400. The number of rotatable bonds is 9. The lowest BCUT2D eigenvalue weighted by Gasteiger charge is -2.40. The Kier molecular flexibility index (Phi) is 8.69. The van der Waals surface area contributed by atoms with Crippen molar-refractivity contribution in [3.8, 4) is 17.6 Å². The van der Waals surface area contributed by atoms with Gasteiger partial charge in [0.05, 0.1) is 18.9 Å². The Labute approximate surface area is 233 Å². The Bertz CT molecular complexity index is 1310. The van der Waals surface area contributed by atoms with Crippen molar-refractivity contribution in [1.82, 2.24) is 4.90 Å². The van der Waals surface area contributed by atoms with Gasteiger partial charge >= 0.3 is 5.97 Å². The van der Waals surface area contributed by atoms with Gasteiger partial charge in [0, 0.05) is 6.54 Å². The molecule has 1 aliphatic heterocycles. The lowest BCUT2D eigenvalue weighted by molar-refractivity contribution is -0.143. The largest absolute Gasteiger partial charge is 0.489 e. The molecule has 1 fully saturated rings. The van der Waals surface area contributed by atoms with Crippen LogP contribution in [0, 0.1) is 11.8 Å². The van der Waals surface area contributed by atoms with Crippen molar-refractivity contribution in [2.45, 2.75) is 70.4 Å². The number of carbonyl (C=O) groups excluding carboxylic acids is 1. The average Bonchev–Trinajstić information content (AvgIpc) is 3.32. The quantitative estimate of drug-likeness (QED) is 0.229. The molecule has 1 heterocycles. The number of hydrogen-bond donors (Lipinski definition) is 0. The van der Waals surface area contributed by atoms with Crippen LogP contribution in [0.25, 0.3) is 0 Å². The zero-order chi connectivity index (χ0) is 27.1. The normalized spacial score (nSPS) is 16.7. The summed E-state index contributed by atoms with van der Waals surface area (Å²) in [7, 11) is 0. The molecule has 1 atom stereocenters. The number of hydrogen-bond acceptors (Lipinski definition) is 4. The monoisotopic (exact) mass is 521 g/mol. The molecular formula is C35H39NO3. The molecule has 39 heavy (non-hydrogen) atoms. The van der Waals surface area contributed by atoms with Crippen molar-refractivity contribution in [1.29, 1.82) is 0 Å². The van der Waals surface area contributed by atoms with Crippen LogP contribution < -0.4 is 4.74 Å². The Morgan fingerprint density at radius 2 is 1.67 bits per heavy atom. The van der Waals surface area contributed by atoms with Gasteiger partial charge in [0.2, 0.25) is 0 Å². The molecule has 1 aliphatic carbocycles. The van der Waals surface area contributed by atoms with E-state index in [1.807, 2.05) is 31.2 Å². The van der Waals surface area contributed by atoms with E-state index in [0.29, 0.717) is 18.6 Å². The van der Waals surface area contributed by atoms with Crippen molar-refractivity contribution in [3.05, 3.63) is 101 Å².